The zero-order valence-corrected chi connectivity index (χ0v) is 5.56. The summed E-state index contributed by atoms with van der Waals surface area (Å²) in [5.74, 6) is -1.14. The van der Waals surface area contributed by atoms with E-state index in [0.717, 1.165) is 6.92 Å². The van der Waals surface area contributed by atoms with E-state index in [4.69, 9.17) is 0 Å². The van der Waals surface area contributed by atoms with E-state index in [-0.39, 0.29) is 0 Å². The fraction of sp³-hybridized carbons (Fsp3) is 0.800. The number of carbonyl (C=O) groups is 1. The van der Waals surface area contributed by atoms with Crippen LogP contribution in [0.2, 0.25) is 0 Å². The average Bonchev–Trinajstić information content (AvgIpc) is 1.84. The minimum absolute atomic E-state index is 0.796. The summed E-state index contributed by atoms with van der Waals surface area (Å²) in [4.78, 5) is 9.91. The monoisotopic (exact) mass is 174 g/mol. The summed E-state index contributed by atoms with van der Waals surface area (Å²) in [5.41, 5.74) is 0. The van der Waals surface area contributed by atoms with Gasteiger partial charge >= 0.3 is 5.97 Å². The second-order valence-electron chi connectivity index (χ2n) is 1.74. The molecule has 0 aromatic heterocycles. The molecule has 0 aromatic rings. The first-order valence-electron chi connectivity index (χ1n) is 2.68. The lowest BCUT2D eigenvalue weighted by Gasteiger charge is -2.11. The highest BCUT2D eigenvalue weighted by Crippen LogP contribution is 2.13. The Labute approximate surface area is 60.1 Å². The summed E-state index contributed by atoms with van der Waals surface area (Å²) in [7, 11) is 0. The molecule has 0 heterocycles. The van der Waals surface area contributed by atoms with E-state index >= 15 is 0 Å². The van der Waals surface area contributed by atoms with E-state index in [1.807, 2.05) is 0 Å². The molecule has 0 spiro atoms. The Morgan fingerprint density at radius 2 is 1.73 bits per heavy atom. The Balaban J connectivity index is 3.82. The second-order valence-corrected chi connectivity index (χ2v) is 1.74. The van der Waals surface area contributed by atoms with Gasteiger partial charge in [0.1, 0.15) is 0 Å². The van der Waals surface area contributed by atoms with Gasteiger partial charge in [0.25, 0.3) is 12.8 Å². The van der Waals surface area contributed by atoms with Gasteiger partial charge in [-0.2, -0.15) is 4.39 Å². The molecule has 0 amide bonds. The first-order chi connectivity index (χ1) is 4.95. The van der Waals surface area contributed by atoms with Crippen LogP contribution < -0.4 is 0 Å². The molecule has 0 radical (unpaired) electrons. The third-order valence-corrected chi connectivity index (χ3v) is 0.770. The fourth-order valence-corrected chi connectivity index (χ4v) is 0.338. The van der Waals surface area contributed by atoms with Crippen molar-refractivity contribution in [3.63, 3.8) is 0 Å². The zero-order chi connectivity index (χ0) is 9.02. The van der Waals surface area contributed by atoms with E-state index in [0.29, 0.717) is 0 Å². The zero-order valence-electron chi connectivity index (χ0n) is 5.56. The number of esters is 1. The predicted molar refractivity (Wildman–Crippen MR) is 27.6 cm³/mol. The van der Waals surface area contributed by atoms with Crippen LogP contribution >= 0.6 is 0 Å². The van der Waals surface area contributed by atoms with Gasteiger partial charge in [-0.15, -0.1) is 0 Å². The van der Waals surface area contributed by atoms with Gasteiger partial charge in [0.2, 0.25) is 6.17 Å². The number of hydrogen-bond donors (Lipinski definition) is 0. The standard InChI is InChI=1S/C5H6F4O2/c1-2(10)11-5(9)3(6)4(7)8/h3-5H,1H3. The van der Waals surface area contributed by atoms with Crippen LogP contribution in [0.25, 0.3) is 0 Å². The Hall–Kier alpha value is -0.810. The summed E-state index contributed by atoms with van der Waals surface area (Å²) in [5, 5.41) is 0. The summed E-state index contributed by atoms with van der Waals surface area (Å²) < 4.78 is 50.0. The molecule has 2 atom stereocenters. The molecule has 2 nitrogen and oxygen atoms in total. The molecule has 0 aliphatic carbocycles. The molecule has 11 heavy (non-hydrogen) atoms. The van der Waals surface area contributed by atoms with E-state index in [1.54, 1.807) is 0 Å². The quantitative estimate of drug-likeness (QED) is 0.478. The summed E-state index contributed by atoms with van der Waals surface area (Å²) in [6.07, 6.45) is -9.43. The normalized spacial score (nSPS) is 16.2. The van der Waals surface area contributed by atoms with Crippen LogP contribution in [0.3, 0.4) is 0 Å². The van der Waals surface area contributed by atoms with Crippen LogP contribution in [0.4, 0.5) is 17.6 Å². The molecule has 0 aromatic carbocycles. The fourth-order valence-electron chi connectivity index (χ4n) is 0.338. The second kappa shape index (κ2) is 4.15. The van der Waals surface area contributed by atoms with Gasteiger partial charge < -0.3 is 4.74 Å². The van der Waals surface area contributed by atoms with Crippen LogP contribution in [-0.4, -0.2) is 24.9 Å². The minimum atomic E-state index is -3.48. The maximum absolute atomic E-state index is 12.0. The third kappa shape index (κ3) is 3.79. The lowest BCUT2D eigenvalue weighted by Crippen LogP contribution is -2.28. The molecular formula is C5H6F4O2. The lowest BCUT2D eigenvalue weighted by atomic mass is 10.4. The van der Waals surface area contributed by atoms with Crippen LogP contribution in [-0.2, 0) is 9.53 Å². The molecule has 66 valence electrons. The largest absolute Gasteiger partial charge is 0.428 e. The molecular weight excluding hydrogens is 168 g/mol. The predicted octanol–water partition coefficient (Wildman–Crippen LogP) is 1.45. The van der Waals surface area contributed by atoms with Crippen LogP contribution in [0, 0.1) is 0 Å². The molecule has 0 bridgehead atoms. The summed E-state index contributed by atoms with van der Waals surface area (Å²) in [6, 6.07) is 0. The van der Waals surface area contributed by atoms with Crippen molar-refractivity contribution in [3.8, 4) is 0 Å². The molecule has 6 heteroatoms. The minimum Gasteiger partial charge on any atom is -0.428 e. The van der Waals surface area contributed by atoms with E-state index in [1.165, 1.54) is 0 Å². The highest BCUT2D eigenvalue weighted by atomic mass is 19.3. The van der Waals surface area contributed by atoms with Crippen molar-refractivity contribution < 1.29 is 27.1 Å². The molecule has 0 aliphatic heterocycles. The number of hydrogen-bond acceptors (Lipinski definition) is 2. The first kappa shape index (κ1) is 10.2. The molecule has 0 saturated heterocycles. The maximum atomic E-state index is 12.0. The number of ether oxygens (including phenoxy) is 1. The topological polar surface area (TPSA) is 26.3 Å². The number of halogens is 4. The van der Waals surface area contributed by atoms with E-state index < -0.39 is 24.9 Å². The summed E-state index contributed by atoms with van der Waals surface area (Å²) >= 11 is 0. The van der Waals surface area contributed by atoms with Gasteiger partial charge in [-0.25, -0.2) is 13.2 Å². The van der Waals surface area contributed by atoms with Crippen molar-refractivity contribution in [2.75, 3.05) is 0 Å². The molecule has 0 saturated carbocycles. The summed E-state index contributed by atoms with van der Waals surface area (Å²) in [6.45, 7) is 0.796. The van der Waals surface area contributed by atoms with Crippen LogP contribution in [0.15, 0.2) is 0 Å². The van der Waals surface area contributed by atoms with E-state index in [9.17, 15) is 22.4 Å². The third-order valence-electron chi connectivity index (χ3n) is 0.770. The highest BCUT2D eigenvalue weighted by Gasteiger charge is 2.31. The first-order valence-corrected chi connectivity index (χ1v) is 2.68. The van der Waals surface area contributed by atoms with Gasteiger partial charge in [0, 0.05) is 6.92 Å². The molecule has 0 aliphatic rings. The van der Waals surface area contributed by atoms with Crippen molar-refractivity contribution >= 4 is 5.97 Å². The van der Waals surface area contributed by atoms with Crippen molar-refractivity contribution in [1.82, 2.24) is 0 Å². The van der Waals surface area contributed by atoms with Crippen molar-refractivity contribution in [1.29, 1.82) is 0 Å². The molecule has 0 N–H and O–H groups in total. The SMILES string of the molecule is CC(=O)OC(F)C(F)C(F)F. The highest BCUT2D eigenvalue weighted by molar-refractivity contribution is 5.66. The lowest BCUT2D eigenvalue weighted by molar-refractivity contribution is -0.169. The Morgan fingerprint density at radius 3 is 2.00 bits per heavy atom. The van der Waals surface area contributed by atoms with Gasteiger partial charge in [0.15, 0.2) is 0 Å². The van der Waals surface area contributed by atoms with Crippen molar-refractivity contribution in [3.05, 3.63) is 0 Å². The Bertz CT molecular complexity index is 138. The molecule has 0 fully saturated rings. The van der Waals surface area contributed by atoms with Gasteiger partial charge in [0.05, 0.1) is 0 Å². The van der Waals surface area contributed by atoms with Gasteiger partial charge in [-0.1, -0.05) is 0 Å². The Kier molecular flexibility index (Phi) is 3.84. The molecule has 2 unspecified atom stereocenters. The van der Waals surface area contributed by atoms with Crippen LogP contribution in [0.1, 0.15) is 6.92 Å². The number of rotatable bonds is 3. The van der Waals surface area contributed by atoms with Crippen molar-refractivity contribution in [2.45, 2.75) is 25.9 Å². The Morgan fingerprint density at radius 1 is 1.27 bits per heavy atom. The smallest absolute Gasteiger partial charge is 0.305 e. The van der Waals surface area contributed by atoms with Crippen molar-refractivity contribution in [2.24, 2.45) is 0 Å². The van der Waals surface area contributed by atoms with E-state index in [2.05, 4.69) is 4.74 Å². The average molecular weight is 174 g/mol. The maximum Gasteiger partial charge on any atom is 0.305 e. The number of carbonyl (C=O) groups excluding carboxylic acids is 1. The number of alkyl halides is 4. The van der Waals surface area contributed by atoms with Gasteiger partial charge in [-0.05, 0) is 0 Å². The van der Waals surface area contributed by atoms with Crippen LogP contribution in [0.5, 0.6) is 0 Å². The van der Waals surface area contributed by atoms with Gasteiger partial charge in [-0.3, -0.25) is 4.79 Å². The molecule has 0 rings (SSSR count).